The summed E-state index contributed by atoms with van der Waals surface area (Å²) in [6, 6.07) is 12.6. The first-order chi connectivity index (χ1) is 10.4. The molecule has 1 heterocycles. The summed E-state index contributed by atoms with van der Waals surface area (Å²) < 4.78 is 40.6. The molecule has 3 rings (SSSR count). The minimum atomic E-state index is -3.70. The molecule has 0 aliphatic rings. The molecule has 0 bridgehead atoms. The molecular weight excluding hydrogens is 301 g/mol. The minimum absolute atomic E-state index is 0.231. The first-order valence-corrected chi connectivity index (χ1v) is 8.49. The summed E-state index contributed by atoms with van der Waals surface area (Å²) >= 11 is 0. The first-order valence-electron chi connectivity index (χ1n) is 7.05. The van der Waals surface area contributed by atoms with Crippen molar-refractivity contribution in [1.82, 2.24) is 3.97 Å². The third-order valence-corrected chi connectivity index (χ3v) is 5.49. The van der Waals surface area contributed by atoms with Crippen LogP contribution in [0.1, 0.15) is 18.2 Å². The van der Waals surface area contributed by atoms with E-state index in [-0.39, 0.29) is 10.7 Å². The van der Waals surface area contributed by atoms with Crippen molar-refractivity contribution in [3.8, 4) is 0 Å². The SMILES string of the molecule is CCc1cc2cc(F)ccc2n1S(=O)(=O)c1ccc(C)cc1. The van der Waals surface area contributed by atoms with E-state index in [1.807, 2.05) is 13.8 Å². The summed E-state index contributed by atoms with van der Waals surface area (Å²) in [6.07, 6.45) is 0.543. The molecule has 3 nitrogen and oxygen atoms in total. The highest BCUT2D eigenvalue weighted by Crippen LogP contribution is 2.27. The number of aryl methyl sites for hydroxylation is 2. The molecule has 3 aromatic rings. The summed E-state index contributed by atoms with van der Waals surface area (Å²) in [7, 11) is -3.70. The van der Waals surface area contributed by atoms with Crippen molar-refractivity contribution in [1.29, 1.82) is 0 Å². The van der Waals surface area contributed by atoms with Crippen LogP contribution in [0.3, 0.4) is 0 Å². The fraction of sp³-hybridized carbons (Fsp3) is 0.176. The van der Waals surface area contributed by atoms with Crippen molar-refractivity contribution in [2.24, 2.45) is 0 Å². The lowest BCUT2D eigenvalue weighted by Crippen LogP contribution is -2.15. The number of nitrogens with zero attached hydrogens (tertiary/aromatic N) is 1. The number of rotatable bonds is 3. The van der Waals surface area contributed by atoms with Gasteiger partial charge in [0.1, 0.15) is 5.82 Å². The van der Waals surface area contributed by atoms with E-state index in [1.165, 1.54) is 22.2 Å². The molecule has 0 aliphatic carbocycles. The Hall–Kier alpha value is -2.14. The van der Waals surface area contributed by atoms with Crippen LogP contribution in [0.25, 0.3) is 10.9 Å². The number of hydrogen-bond donors (Lipinski definition) is 0. The van der Waals surface area contributed by atoms with Crippen molar-refractivity contribution < 1.29 is 12.8 Å². The second-order valence-electron chi connectivity index (χ2n) is 5.27. The second kappa shape index (κ2) is 5.25. The predicted octanol–water partition coefficient (Wildman–Crippen LogP) is 3.89. The maximum atomic E-state index is 13.4. The molecule has 0 spiro atoms. The average Bonchev–Trinajstić information content (AvgIpc) is 2.85. The van der Waals surface area contributed by atoms with E-state index in [4.69, 9.17) is 0 Å². The number of fused-ring (bicyclic) bond motifs is 1. The van der Waals surface area contributed by atoms with E-state index in [0.717, 1.165) is 5.56 Å². The van der Waals surface area contributed by atoms with Gasteiger partial charge in [-0.2, -0.15) is 0 Å². The highest BCUT2D eigenvalue weighted by Gasteiger charge is 2.22. The minimum Gasteiger partial charge on any atom is -0.238 e. The van der Waals surface area contributed by atoms with E-state index >= 15 is 0 Å². The molecule has 0 saturated heterocycles. The fourth-order valence-corrected chi connectivity index (χ4v) is 4.17. The molecule has 114 valence electrons. The molecule has 0 radical (unpaired) electrons. The van der Waals surface area contributed by atoms with Crippen LogP contribution in [0, 0.1) is 12.7 Å². The van der Waals surface area contributed by atoms with Crippen LogP contribution in [0.5, 0.6) is 0 Å². The summed E-state index contributed by atoms with van der Waals surface area (Å²) in [5.74, 6) is -0.375. The standard InChI is InChI=1S/C17H16FNO2S/c1-3-15-11-13-10-14(18)6-9-17(13)19(15)22(20,21)16-7-4-12(2)5-8-16/h4-11H,3H2,1-2H3. The summed E-state index contributed by atoms with van der Waals surface area (Å²) in [5, 5.41) is 0.590. The molecule has 0 atom stereocenters. The Morgan fingerprint density at radius 1 is 1.05 bits per heavy atom. The van der Waals surface area contributed by atoms with Gasteiger partial charge in [-0.1, -0.05) is 24.6 Å². The molecule has 0 aliphatic heterocycles. The van der Waals surface area contributed by atoms with E-state index in [2.05, 4.69) is 0 Å². The number of halogens is 1. The van der Waals surface area contributed by atoms with Gasteiger partial charge in [0.15, 0.2) is 0 Å². The van der Waals surface area contributed by atoms with Gasteiger partial charge in [0, 0.05) is 11.1 Å². The van der Waals surface area contributed by atoms with Crippen LogP contribution in [-0.4, -0.2) is 12.4 Å². The van der Waals surface area contributed by atoms with Crippen molar-refractivity contribution in [3.63, 3.8) is 0 Å². The Labute approximate surface area is 129 Å². The topological polar surface area (TPSA) is 39.1 Å². The van der Waals surface area contributed by atoms with Gasteiger partial charge >= 0.3 is 0 Å². The maximum absolute atomic E-state index is 13.4. The molecule has 0 amide bonds. The van der Waals surface area contributed by atoms with Gasteiger partial charge < -0.3 is 0 Å². The maximum Gasteiger partial charge on any atom is 0.268 e. The zero-order valence-corrected chi connectivity index (χ0v) is 13.2. The number of aromatic nitrogens is 1. The third kappa shape index (κ3) is 2.31. The largest absolute Gasteiger partial charge is 0.268 e. The lowest BCUT2D eigenvalue weighted by atomic mass is 10.2. The predicted molar refractivity (Wildman–Crippen MR) is 85.0 cm³/mol. The monoisotopic (exact) mass is 317 g/mol. The van der Waals surface area contributed by atoms with Gasteiger partial charge in [-0.05, 0) is 49.7 Å². The Bertz CT molecular complexity index is 941. The van der Waals surface area contributed by atoms with Crippen molar-refractivity contribution in [2.45, 2.75) is 25.2 Å². The second-order valence-corrected chi connectivity index (χ2v) is 7.06. The Morgan fingerprint density at radius 2 is 1.73 bits per heavy atom. The molecule has 2 aromatic carbocycles. The Balaban J connectivity index is 2.30. The van der Waals surface area contributed by atoms with E-state index in [0.29, 0.717) is 23.0 Å². The quantitative estimate of drug-likeness (QED) is 0.735. The summed E-state index contributed by atoms with van der Waals surface area (Å²) in [4.78, 5) is 0.231. The van der Waals surface area contributed by atoms with Gasteiger partial charge in [0.2, 0.25) is 0 Å². The van der Waals surface area contributed by atoms with Crippen LogP contribution < -0.4 is 0 Å². The smallest absolute Gasteiger partial charge is 0.238 e. The highest BCUT2D eigenvalue weighted by atomic mass is 32.2. The Morgan fingerprint density at radius 3 is 2.36 bits per heavy atom. The fourth-order valence-electron chi connectivity index (χ4n) is 2.56. The molecular formula is C17H16FNO2S. The zero-order valence-electron chi connectivity index (χ0n) is 12.4. The van der Waals surface area contributed by atoms with Gasteiger partial charge in [-0.15, -0.1) is 0 Å². The summed E-state index contributed by atoms with van der Waals surface area (Å²) in [5.41, 5.74) is 2.13. The molecule has 5 heteroatoms. The van der Waals surface area contributed by atoms with Crippen LogP contribution in [0.2, 0.25) is 0 Å². The molecule has 0 N–H and O–H groups in total. The van der Waals surface area contributed by atoms with Crippen molar-refractivity contribution >= 4 is 20.9 Å². The van der Waals surface area contributed by atoms with Crippen molar-refractivity contribution in [3.05, 3.63) is 65.6 Å². The van der Waals surface area contributed by atoms with Crippen LogP contribution in [0.4, 0.5) is 4.39 Å². The molecule has 1 aromatic heterocycles. The van der Waals surface area contributed by atoms with Gasteiger partial charge in [-0.3, -0.25) is 0 Å². The highest BCUT2D eigenvalue weighted by molar-refractivity contribution is 7.90. The van der Waals surface area contributed by atoms with E-state index in [1.54, 1.807) is 30.3 Å². The first kappa shape index (κ1) is 14.8. The molecule has 0 fully saturated rings. The number of benzene rings is 2. The zero-order chi connectivity index (χ0) is 15.9. The molecule has 0 unspecified atom stereocenters. The van der Waals surface area contributed by atoms with E-state index < -0.39 is 10.0 Å². The third-order valence-electron chi connectivity index (χ3n) is 3.71. The van der Waals surface area contributed by atoms with Gasteiger partial charge in [0.05, 0.1) is 10.4 Å². The van der Waals surface area contributed by atoms with Gasteiger partial charge in [-0.25, -0.2) is 16.8 Å². The number of hydrogen-bond acceptors (Lipinski definition) is 2. The van der Waals surface area contributed by atoms with Crippen molar-refractivity contribution in [2.75, 3.05) is 0 Å². The van der Waals surface area contributed by atoms with Crippen LogP contribution >= 0.6 is 0 Å². The lowest BCUT2D eigenvalue weighted by molar-refractivity contribution is 0.587. The van der Waals surface area contributed by atoms with E-state index in [9.17, 15) is 12.8 Å². The average molecular weight is 317 g/mol. The lowest BCUT2D eigenvalue weighted by Gasteiger charge is -2.11. The Kier molecular flexibility index (Phi) is 3.53. The summed E-state index contributed by atoms with van der Waals surface area (Å²) in [6.45, 7) is 3.79. The van der Waals surface area contributed by atoms with Gasteiger partial charge in [0.25, 0.3) is 10.0 Å². The van der Waals surface area contributed by atoms with Crippen LogP contribution in [-0.2, 0) is 16.4 Å². The molecule has 0 saturated carbocycles. The normalized spacial score (nSPS) is 12.0. The van der Waals surface area contributed by atoms with Crippen LogP contribution in [0.15, 0.2) is 53.4 Å². The molecule has 22 heavy (non-hydrogen) atoms.